The summed E-state index contributed by atoms with van der Waals surface area (Å²) in [5, 5.41) is 9.02. The number of nitrogens with zero attached hydrogens (tertiary/aromatic N) is 2. The van der Waals surface area contributed by atoms with Crippen LogP contribution in [0.25, 0.3) is 0 Å². The van der Waals surface area contributed by atoms with Gasteiger partial charge in [-0.1, -0.05) is 83.3 Å². The molecule has 0 amide bonds. The summed E-state index contributed by atoms with van der Waals surface area (Å²) in [5.41, 5.74) is 0. The van der Waals surface area contributed by atoms with E-state index >= 15 is 0 Å². The van der Waals surface area contributed by atoms with Crippen molar-refractivity contribution in [2.45, 2.75) is 96.6 Å². The molecule has 1 rings (SSSR count). The Labute approximate surface area is 150 Å². The van der Waals surface area contributed by atoms with E-state index in [4.69, 9.17) is 5.11 Å². The van der Waals surface area contributed by atoms with Gasteiger partial charge in [0.2, 0.25) is 0 Å². The number of aliphatic hydroxyl groups is 1. The van der Waals surface area contributed by atoms with Gasteiger partial charge in [-0.05, 0) is 12.8 Å². The minimum Gasteiger partial charge on any atom is -0.395 e. The van der Waals surface area contributed by atoms with E-state index in [9.17, 15) is 0 Å². The molecule has 140 valence electrons. The number of unbranched alkanes of at least 4 members (excludes halogenated alkanes) is 11. The minimum absolute atomic E-state index is 0.225. The predicted octanol–water partition coefficient (Wildman–Crippen LogP) is 5.34. The maximum atomic E-state index is 9.02. The molecule has 1 aliphatic heterocycles. The van der Waals surface area contributed by atoms with Gasteiger partial charge in [-0.25, -0.2) is 0 Å². The third-order valence-corrected chi connectivity index (χ3v) is 4.89. The Morgan fingerprint density at radius 2 is 1.58 bits per heavy atom. The fourth-order valence-corrected chi connectivity index (χ4v) is 3.33. The van der Waals surface area contributed by atoms with Crippen LogP contribution >= 0.6 is 0 Å². The van der Waals surface area contributed by atoms with Crippen LogP contribution < -0.4 is 0 Å². The largest absolute Gasteiger partial charge is 0.395 e. The van der Waals surface area contributed by atoms with Crippen molar-refractivity contribution in [3.8, 4) is 0 Å². The average molecular weight is 337 g/mol. The molecular formula is C21H40N2O. The average Bonchev–Trinajstić information content (AvgIpc) is 3.03. The quantitative estimate of drug-likeness (QED) is 0.305. The van der Waals surface area contributed by atoms with Crippen LogP contribution in [-0.2, 0) is 0 Å². The number of hydrogen-bond acceptors (Lipinski definition) is 3. The van der Waals surface area contributed by atoms with Crippen molar-refractivity contribution in [3.05, 3.63) is 12.2 Å². The van der Waals surface area contributed by atoms with E-state index in [1.807, 2.05) is 6.21 Å². The Hall–Kier alpha value is -0.670. The molecule has 0 fully saturated rings. The van der Waals surface area contributed by atoms with Crippen LogP contribution in [0.15, 0.2) is 17.1 Å². The summed E-state index contributed by atoms with van der Waals surface area (Å²) in [7, 11) is 0. The van der Waals surface area contributed by atoms with E-state index in [1.165, 1.54) is 77.0 Å². The number of allylic oxidation sites excluding steroid dienone is 1. The van der Waals surface area contributed by atoms with Crippen molar-refractivity contribution in [2.75, 3.05) is 19.7 Å². The summed E-state index contributed by atoms with van der Waals surface area (Å²) in [6.07, 6.45) is 24.5. The first-order valence-corrected chi connectivity index (χ1v) is 10.4. The zero-order valence-corrected chi connectivity index (χ0v) is 16.0. The fourth-order valence-electron chi connectivity index (χ4n) is 3.33. The summed E-state index contributed by atoms with van der Waals surface area (Å²) in [4.78, 5) is 6.70. The van der Waals surface area contributed by atoms with Crippen molar-refractivity contribution in [3.63, 3.8) is 0 Å². The highest BCUT2D eigenvalue weighted by Gasteiger charge is 2.18. The minimum atomic E-state index is 0.225. The molecule has 1 unspecified atom stereocenters. The summed E-state index contributed by atoms with van der Waals surface area (Å²) in [6, 6.07) is 0. The Morgan fingerprint density at radius 3 is 2.21 bits per heavy atom. The lowest BCUT2D eigenvalue weighted by molar-refractivity contribution is 0.184. The second-order valence-corrected chi connectivity index (χ2v) is 7.06. The van der Waals surface area contributed by atoms with Crippen molar-refractivity contribution in [1.82, 2.24) is 4.90 Å². The summed E-state index contributed by atoms with van der Waals surface area (Å²) >= 11 is 0. The molecule has 0 radical (unpaired) electrons. The lowest BCUT2D eigenvalue weighted by atomic mass is 10.1. The Kier molecular flexibility index (Phi) is 14.1. The van der Waals surface area contributed by atoms with Crippen molar-refractivity contribution < 1.29 is 5.11 Å². The number of aliphatic hydroxyl groups excluding tert-OH is 1. The van der Waals surface area contributed by atoms with Gasteiger partial charge in [0, 0.05) is 25.7 Å². The third kappa shape index (κ3) is 11.0. The zero-order valence-electron chi connectivity index (χ0n) is 16.0. The van der Waals surface area contributed by atoms with E-state index in [2.05, 4.69) is 29.0 Å². The molecule has 1 N–H and O–H groups in total. The molecule has 0 aromatic rings. The topological polar surface area (TPSA) is 35.8 Å². The summed E-state index contributed by atoms with van der Waals surface area (Å²) < 4.78 is 0. The molecule has 0 saturated heterocycles. The monoisotopic (exact) mass is 336 g/mol. The van der Waals surface area contributed by atoms with Crippen LogP contribution in [-0.4, -0.2) is 42.1 Å². The number of β-amino-alcohol motifs (C(OH)–C–C–N with tert-alkyl or cyclic N) is 1. The van der Waals surface area contributed by atoms with Gasteiger partial charge in [0.1, 0.15) is 6.17 Å². The molecule has 1 atom stereocenters. The van der Waals surface area contributed by atoms with E-state index < -0.39 is 0 Å². The standard InChI is InChI=1S/C21H40N2O/c1-2-3-4-5-6-7-8-9-10-11-12-13-14-15-16-21-22-17-18-23(21)19-20-24/h14-15,17,21,24H,2-13,16,18-20H2,1H3/b15-14+. The van der Waals surface area contributed by atoms with Crippen LogP contribution in [0.1, 0.15) is 90.4 Å². The highest BCUT2D eigenvalue weighted by Crippen LogP contribution is 2.13. The fraction of sp³-hybridized carbons (Fsp3) is 0.857. The maximum Gasteiger partial charge on any atom is 0.105 e. The first kappa shape index (κ1) is 21.4. The van der Waals surface area contributed by atoms with Crippen molar-refractivity contribution in [1.29, 1.82) is 0 Å². The number of hydrogen-bond donors (Lipinski definition) is 1. The van der Waals surface area contributed by atoms with Gasteiger partial charge in [0.05, 0.1) is 6.61 Å². The molecule has 24 heavy (non-hydrogen) atoms. The molecule has 3 nitrogen and oxygen atoms in total. The number of aliphatic imine (C=N–C) groups is 1. The summed E-state index contributed by atoms with van der Waals surface area (Å²) in [6.45, 7) is 4.13. The van der Waals surface area contributed by atoms with Gasteiger partial charge in [-0.3, -0.25) is 9.89 Å². The van der Waals surface area contributed by atoms with Gasteiger partial charge >= 0.3 is 0 Å². The first-order chi connectivity index (χ1) is 11.9. The molecular weight excluding hydrogens is 296 g/mol. The van der Waals surface area contributed by atoms with Gasteiger partial charge in [0.25, 0.3) is 0 Å². The van der Waals surface area contributed by atoms with Gasteiger partial charge < -0.3 is 5.11 Å². The Balaban J connectivity index is 1.84. The molecule has 1 aliphatic rings. The van der Waals surface area contributed by atoms with Crippen LogP contribution in [0.2, 0.25) is 0 Å². The molecule has 0 aliphatic carbocycles. The molecule has 0 saturated carbocycles. The van der Waals surface area contributed by atoms with Gasteiger partial charge in [-0.15, -0.1) is 0 Å². The second-order valence-electron chi connectivity index (χ2n) is 7.06. The summed E-state index contributed by atoms with van der Waals surface area (Å²) in [5.74, 6) is 0. The molecule has 0 aromatic heterocycles. The normalized spacial score (nSPS) is 18.2. The zero-order chi connectivity index (χ0) is 17.3. The van der Waals surface area contributed by atoms with E-state index in [1.54, 1.807) is 0 Å². The maximum absolute atomic E-state index is 9.02. The van der Waals surface area contributed by atoms with Crippen LogP contribution in [0.5, 0.6) is 0 Å². The molecule has 0 bridgehead atoms. The lowest BCUT2D eigenvalue weighted by Crippen LogP contribution is -2.32. The lowest BCUT2D eigenvalue weighted by Gasteiger charge is -2.20. The SMILES string of the molecule is CCCCCCCCCCCCC/C=C/CC1N=CCN1CCO. The third-order valence-electron chi connectivity index (χ3n) is 4.89. The first-order valence-electron chi connectivity index (χ1n) is 10.4. The highest BCUT2D eigenvalue weighted by atomic mass is 16.3. The van der Waals surface area contributed by atoms with Crippen LogP contribution in [0.4, 0.5) is 0 Å². The molecule has 0 spiro atoms. The van der Waals surface area contributed by atoms with Crippen LogP contribution in [0.3, 0.4) is 0 Å². The van der Waals surface area contributed by atoms with Crippen molar-refractivity contribution in [2.24, 2.45) is 4.99 Å². The predicted molar refractivity (Wildman–Crippen MR) is 106 cm³/mol. The molecule has 3 heteroatoms. The smallest absolute Gasteiger partial charge is 0.105 e. The van der Waals surface area contributed by atoms with Gasteiger partial charge in [0.15, 0.2) is 0 Å². The van der Waals surface area contributed by atoms with Gasteiger partial charge in [-0.2, -0.15) is 0 Å². The van der Waals surface area contributed by atoms with Crippen LogP contribution in [0, 0.1) is 0 Å². The molecule has 0 aromatic carbocycles. The van der Waals surface area contributed by atoms with E-state index in [-0.39, 0.29) is 12.8 Å². The second kappa shape index (κ2) is 15.8. The number of rotatable bonds is 16. The van der Waals surface area contributed by atoms with E-state index in [0.29, 0.717) is 0 Å². The molecule has 1 heterocycles. The Bertz CT molecular complexity index is 328. The van der Waals surface area contributed by atoms with Crippen molar-refractivity contribution >= 4 is 6.21 Å². The highest BCUT2D eigenvalue weighted by molar-refractivity contribution is 5.62. The van der Waals surface area contributed by atoms with E-state index in [0.717, 1.165) is 19.5 Å². The Morgan fingerprint density at radius 1 is 0.958 bits per heavy atom.